The van der Waals surface area contributed by atoms with Crippen LogP contribution in [0.25, 0.3) is 0 Å². The highest BCUT2D eigenvalue weighted by atomic mass is 31.2. The monoisotopic (exact) mass is 856 g/mol. The molecule has 3 unspecified atom stereocenters. The summed E-state index contributed by atoms with van der Waals surface area (Å²) in [6.45, 7) is 2.73. The molecule has 0 aromatic heterocycles. The molecule has 5 atom stereocenters. The third kappa shape index (κ3) is 35.0. The molecule has 59 heavy (non-hydrogen) atoms. The molecular formula is C46H82NO11P. The van der Waals surface area contributed by atoms with Crippen molar-refractivity contribution >= 4 is 25.7 Å². The van der Waals surface area contributed by atoms with Crippen LogP contribution in [0.1, 0.15) is 194 Å². The fourth-order valence-corrected chi connectivity index (χ4v) is 7.29. The maximum absolute atomic E-state index is 12.7. The Morgan fingerprint density at radius 2 is 1.12 bits per heavy atom. The molecule has 342 valence electrons. The SMILES string of the molecule is CCCCC/C=C\C/C=C\CCCCCCCCCCCC(=O)O[C@H](COC(=O)CCCCCCCC1OC1C/C=C\CCCCC)COP(=O)(O)OC[C@H](N)C(=O)O. The van der Waals surface area contributed by atoms with Crippen LogP contribution in [0.3, 0.4) is 0 Å². The first-order valence-corrected chi connectivity index (χ1v) is 24.6. The minimum atomic E-state index is -4.73. The first kappa shape index (κ1) is 54.7. The zero-order chi connectivity index (χ0) is 43.2. The number of aliphatic carboxylic acids is 1. The average molecular weight is 856 g/mol. The quantitative estimate of drug-likeness (QED) is 0.0174. The summed E-state index contributed by atoms with van der Waals surface area (Å²) in [5.41, 5.74) is 5.34. The number of unbranched alkanes of at least 4 members (excludes halogenated alkanes) is 19. The molecule has 0 radical (unpaired) electrons. The van der Waals surface area contributed by atoms with Crippen LogP contribution in [0.5, 0.6) is 0 Å². The highest BCUT2D eigenvalue weighted by molar-refractivity contribution is 7.47. The van der Waals surface area contributed by atoms with E-state index >= 15 is 0 Å². The molecule has 1 aliphatic rings. The van der Waals surface area contributed by atoms with Gasteiger partial charge < -0.3 is 29.9 Å². The number of rotatable bonds is 42. The lowest BCUT2D eigenvalue weighted by atomic mass is 10.1. The summed E-state index contributed by atoms with van der Waals surface area (Å²) in [6.07, 6.45) is 42.2. The van der Waals surface area contributed by atoms with Crippen LogP contribution >= 0.6 is 7.82 Å². The summed E-state index contributed by atoms with van der Waals surface area (Å²) < 4.78 is 38.6. The van der Waals surface area contributed by atoms with E-state index in [0.717, 1.165) is 77.0 Å². The van der Waals surface area contributed by atoms with Gasteiger partial charge in [-0.3, -0.25) is 23.4 Å². The zero-order valence-electron chi connectivity index (χ0n) is 36.8. The topological polar surface area (TPSA) is 184 Å². The Balaban J connectivity index is 2.26. The van der Waals surface area contributed by atoms with Crippen molar-refractivity contribution in [2.24, 2.45) is 5.73 Å². The van der Waals surface area contributed by atoms with Gasteiger partial charge in [0.1, 0.15) is 12.6 Å². The predicted octanol–water partition coefficient (Wildman–Crippen LogP) is 11.4. The van der Waals surface area contributed by atoms with Crippen molar-refractivity contribution in [1.29, 1.82) is 0 Å². The van der Waals surface area contributed by atoms with Gasteiger partial charge >= 0.3 is 25.7 Å². The minimum Gasteiger partial charge on any atom is -0.480 e. The third-order valence-corrected chi connectivity index (χ3v) is 11.2. The van der Waals surface area contributed by atoms with E-state index in [2.05, 4.69) is 54.8 Å². The Labute approximate surface area is 357 Å². The van der Waals surface area contributed by atoms with Crippen LogP contribution in [0.15, 0.2) is 36.5 Å². The molecule has 1 fully saturated rings. The predicted molar refractivity (Wildman–Crippen MR) is 235 cm³/mol. The highest BCUT2D eigenvalue weighted by Gasteiger charge is 2.36. The molecular weight excluding hydrogens is 773 g/mol. The van der Waals surface area contributed by atoms with Crippen molar-refractivity contribution in [3.8, 4) is 0 Å². The van der Waals surface area contributed by atoms with Gasteiger partial charge in [-0.2, -0.15) is 0 Å². The van der Waals surface area contributed by atoms with Crippen LogP contribution in [0, 0.1) is 0 Å². The first-order valence-electron chi connectivity index (χ1n) is 23.1. The van der Waals surface area contributed by atoms with Crippen LogP contribution in [0.2, 0.25) is 0 Å². The van der Waals surface area contributed by atoms with E-state index in [9.17, 15) is 23.8 Å². The fraction of sp³-hybridized carbons (Fsp3) is 0.804. The molecule has 1 rings (SSSR count). The maximum atomic E-state index is 12.7. The number of nitrogens with two attached hydrogens (primary N) is 1. The maximum Gasteiger partial charge on any atom is 0.472 e. The van der Waals surface area contributed by atoms with Crippen molar-refractivity contribution in [1.82, 2.24) is 0 Å². The summed E-state index contributed by atoms with van der Waals surface area (Å²) in [7, 11) is -4.73. The Bertz CT molecular complexity index is 1210. The molecule has 0 bridgehead atoms. The number of carboxylic acid groups (broad SMARTS) is 1. The Morgan fingerprint density at radius 3 is 1.69 bits per heavy atom. The van der Waals surface area contributed by atoms with Crippen molar-refractivity contribution in [2.45, 2.75) is 218 Å². The van der Waals surface area contributed by atoms with Crippen LogP contribution < -0.4 is 5.73 Å². The number of phosphoric ester groups is 1. The molecule has 0 aromatic rings. The molecule has 13 heteroatoms. The van der Waals surface area contributed by atoms with Gasteiger partial charge in [-0.15, -0.1) is 0 Å². The molecule has 0 amide bonds. The van der Waals surface area contributed by atoms with Crippen LogP contribution in [-0.2, 0) is 42.2 Å². The number of allylic oxidation sites excluding steroid dienone is 5. The first-order chi connectivity index (χ1) is 28.6. The number of carbonyl (C=O) groups excluding carboxylic acids is 2. The third-order valence-electron chi connectivity index (χ3n) is 10.3. The second-order valence-corrected chi connectivity index (χ2v) is 17.4. The van der Waals surface area contributed by atoms with Crippen molar-refractivity contribution < 1.29 is 52.2 Å². The summed E-state index contributed by atoms with van der Waals surface area (Å²) in [5, 5.41) is 8.90. The summed E-state index contributed by atoms with van der Waals surface area (Å²) in [6, 6.07) is -1.53. The van der Waals surface area contributed by atoms with Gasteiger partial charge in [0.2, 0.25) is 0 Å². The lowest BCUT2D eigenvalue weighted by Crippen LogP contribution is -2.34. The van der Waals surface area contributed by atoms with E-state index in [0.29, 0.717) is 25.0 Å². The molecule has 1 heterocycles. The largest absolute Gasteiger partial charge is 0.480 e. The van der Waals surface area contributed by atoms with E-state index in [-0.39, 0.29) is 19.4 Å². The standard InChI is InChI=1S/C46H82NO11P/c1-3-5-7-9-11-12-13-14-15-16-17-18-19-20-21-22-23-27-32-36-45(49)57-40(38-55-59(52,53)56-39-41(47)46(50)51)37-54-44(48)35-31-28-24-26-30-34-43-42(58-43)33-29-25-10-8-6-4-2/h11-12,14-15,25,29,40-43H,3-10,13,16-24,26-28,30-39,47H2,1-2H3,(H,50,51)(H,52,53)/b12-11-,15-14-,29-25-/t40-,41+,42?,43?/m1/s1. The summed E-state index contributed by atoms with van der Waals surface area (Å²) in [5.74, 6) is -2.41. The molecule has 1 aliphatic heterocycles. The van der Waals surface area contributed by atoms with Gasteiger partial charge in [0, 0.05) is 12.8 Å². The van der Waals surface area contributed by atoms with Crippen molar-refractivity contribution in [3.05, 3.63) is 36.5 Å². The number of phosphoric acid groups is 1. The second-order valence-electron chi connectivity index (χ2n) is 15.9. The summed E-state index contributed by atoms with van der Waals surface area (Å²) >= 11 is 0. The smallest absolute Gasteiger partial charge is 0.472 e. The van der Waals surface area contributed by atoms with Gasteiger partial charge in [-0.05, 0) is 70.6 Å². The minimum absolute atomic E-state index is 0.150. The average Bonchev–Trinajstić information content (AvgIpc) is 3.97. The number of esters is 2. The summed E-state index contributed by atoms with van der Waals surface area (Å²) in [4.78, 5) is 46.1. The normalized spacial score (nSPS) is 17.4. The fourth-order valence-electron chi connectivity index (χ4n) is 6.51. The molecule has 1 saturated heterocycles. The van der Waals surface area contributed by atoms with E-state index in [4.69, 9.17) is 29.6 Å². The van der Waals surface area contributed by atoms with Gasteiger partial charge in [0.05, 0.1) is 25.4 Å². The number of carboxylic acids is 1. The van der Waals surface area contributed by atoms with E-state index in [1.807, 2.05) is 0 Å². The molecule has 0 saturated carbocycles. The van der Waals surface area contributed by atoms with Gasteiger partial charge in [-0.25, -0.2) is 4.57 Å². The van der Waals surface area contributed by atoms with E-state index in [1.54, 1.807) is 0 Å². The second kappa shape index (κ2) is 37.4. The number of epoxide rings is 1. The number of hydrogen-bond acceptors (Lipinski definition) is 10. The van der Waals surface area contributed by atoms with Gasteiger partial charge in [-0.1, -0.05) is 147 Å². The Morgan fingerprint density at radius 1 is 0.627 bits per heavy atom. The lowest BCUT2D eigenvalue weighted by Gasteiger charge is -2.20. The molecule has 4 N–H and O–H groups in total. The molecule has 0 aromatic carbocycles. The highest BCUT2D eigenvalue weighted by Crippen LogP contribution is 2.43. The Hall–Kier alpha value is -2.34. The molecule has 0 spiro atoms. The van der Waals surface area contributed by atoms with Gasteiger partial charge in [0.15, 0.2) is 6.10 Å². The van der Waals surface area contributed by atoms with Crippen molar-refractivity contribution in [3.63, 3.8) is 0 Å². The van der Waals surface area contributed by atoms with Crippen molar-refractivity contribution in [2.75, 3.05) is 19.8 Å². The van der Waals surface area contributed by atoms with E-state index in [1.165, 1.54) is 77.0 Å². The lowest BCUT2D eigenvalue weighted by molar-refractivity contribution is -0.161. The van der Waals surface area contributed by atoms with Crippen LogP contribution in [-0.4, -0.2) is 72.1 Å². The zero-order valence-corrected chi connectivity index (χ0v) is 37.7. The number of hydrogen-bond donors (Lipinski definition) is 3. The molecule has 12 nitrogen and oxygen atoms in total. The number of carbonyl (C=O) groups is 3. The number of ether oxygens (including phenoxy) is 3. The molecule has 0 aliphatic carbocycles. The Kier molecular flexibility index (Phi) is 34.7. The van der Waals surface area contributed by atoms with E-state index < -0.39 is 51.1 Å². The van der Waals surface area contributed by atoms with Gasteiger partial charge in [0.25, 0.3) is 0 Å². The van der Waals surface area contributed by atoms with Crippen LogP contribution in [0.4, 0.5) is 0 Å².